The molecule has 0 amide bonds. The maximum absolute atomic E-state index is 15.0. The molecule has 95 heavy (non-hydrogen) atoms. The predicted molar refractivity (Wildman–Crippen MR) is 344 cm³/mol. The summed E-state index contributed by atoms with van der Waals surface area (Å²) in [4.78, 5) is 32.9. The van der Waals surface area contributed by atoms with E-state index in [1.165, 1.54) is 47.7 Å². The first-order valence-corrected chi connectivity index (χ1v) is 30.7. The van der Waals surface area contributed by atoms with Gasteiger partial charge in [-0.3, -0.25) is 9.89 Å². The molecule has 9 aromatic rings. The molecule has 25 nitrogen and oxygen atoms in total. The second kappa shape index (κ2) is 26.3. The first-order valence-electron chi connectivity index (χ1n) is 30.7. The van der Waals surface area contributed by atoms with Gasteiger partial charge in [-0.05, 0) is 120 Å². The number of ether oxygens (including phenoxy) is 3. The van der Waals surface area contributed by atoms with Crippen molar-refractivity contribution >= 4 is 0 Å². The fourth-order valence-electron chi connectivity index (χ4n) is 12.5. The van der Waals surface area contributed by atoms with Gasteiger partial charge in [-0.1, -0.05) is 0 Å². The lowest BCUT2D eigenvalue weighted by Gasteiger charge is -2.48. The van der Waals surface area contributed by atoms with Gasteiger partial charge in [0, 0.05) is 120 Å². The van der Waals surface area contributed by atoms with Crippen LogP contribution in [0.1, 0.15) is 108 Å². The van der Waals surface area contributed by atoms with Gasteiger partial charge in [0.15, 0.2) is 18.5 Å². The van der Waals surface area contributed by atoms with Gasteiger partial charge in [-0.2, -0.15) is 9.49 Å². The average Bonchev–Trinajstić information content (AvgIpc) is 1.31. The van der Waals surface area contributed by atoms with E-state index in [4.69, 9.17) is 14.2 Å². The summed E-state index contributed by atoms with van der Waals surface area (Å²) in [5, 5.41) is 71.4. The molecule has 3 aliphatic rings. The molecule has 9 aromatic heterocycles. The van der Waals surface area contributed by atoms with Crippen molar-refractivity contribution in [3.63, 3.8) is 0 Å². The third-order valence-corrected chi connectivity index (χ3v) is 16.4. The highest BCUT2D eigenvalue weighted by Crippen LogP contribution is 2.39. The fourth-order valence-corrected chi connectivity index (χ4v) is 12.5. The van der Waals surface area contributed by atoms with E-state index < -0.39 is 59.4 Å². The van der Waals surface area contributed by atoms with Gasteiger partial charge in [0.1, 0.15) is 69.7 Å². The number of aromatic nitrogens is 15. The van der Waals surface area contributed by atoms with Gasteiger partial charge in [0.25, 0.3) is 5.56 Å². The van der Waals surface area contributed by atoms with Crippen LogP contribution in [-0.2, 0) is 7.05 Å². The molecular formula is C66H78F4N18O7. The largest absolute Gasteiger partial charge is 0.506 e. The van der Waals surface area contributed by atoms with E-state index in [0.717, 1.165) is 5.69 Å². The summed E-state index contributed by atoms with van der Waals surface area (Å²) < 4.78 is 79.1. The van der Waals surface area contributed by atoms with Crippen LogP contribution in [0.4, 0.5) is 17.6 Å². The van der Waals surface area contributed by atoms with Crippen molar-refractivity contribution < 1.29 is 47.1 Å². The predicted octanol–water partition coefficient (Wildman–Crippen LogP) is 9.42. The number of alkyl halides is 3. The van der Waals surface area contributed by atoms with Crippen molar-refractivity contribution in [2.75, 3.05) is 0 Å². The second-order valence-electron chi connectivity index (χ2n) is 27.7. The zero-order valence-electron chi connectivity index (χ0n) is 55.1. The van der Waals surface area contributed by atoms with Crippen molar-refractivity contribution in [3.05, 3.63) is 126 Å². The normalized spacial score (nSPS) is 22.0. The van der Waals surface area contributed by atoms with Crippen LogP contribution in [0.25, 0.3) is 62.2 Å². The summed E-state index contributed by atoms with van der Waals surface area (Å²) in [6.07, 6.45) is 6.50. The van der Waals surface area contributed by atoms with E-state index in [1.807, 2.05) is 82.4 Å². The summed E-state index contributed by atoms with van der Waals surface area (Å²) in [6.45, 7) is 24.8. The Morgan fingerprint density at radius 1 is 0.505 bits per heavy atom. The number of nitrogens with zero attached hydrogens (tertiary/aromatic N) is 14. The molecule has 3 aliphatic heterocycles. The number of hydrogen-bond donors (Lipinski definition) is 7. The van der Waals surface area contributed by atoms with E-state index in [-0.39, 0.29) is 74.0 Å². The van der Waals surface area contributed by atoms with E-state index in [2.05, 4.69) is 81.7 Å². The van der Waals surface area contributed by atoms with Crippen LogP contribution in [0.2, 0.25) is 0 Å². The lowest BCUT2D eigenvalue weighted by atomic mass is 9.79. The zero-order chi connectivity index (χ0) is 68.7. The number of piperidine rings is 3. The monoisotopic (exact) mass is 1310 g/mol. The standard InChI is InChI=1S/C23H27FN6O3.C22H27FN6O2.C21H24F2N6O2/c1-22(2)10-17(21(24)23(3,4)29-22)33-18-7-6-14(27-28-18)20-16(31)8-13(11-25-20)15-9-19(32)30(5)12-26-15;1-13-11-29(12-25-13)14-8-16(30)19(24-10-14)15-6-7-18(27-26-15)31-17-9-21(2,3)28-22(4,5)20(17)23;1-20(2)8-15(18(22)21(3,4)29-20)31-16-6-5-13(26-27-16)17-14(30)7-11(9-24-17)12-10-25-28-19(12)23/h6-9,11-12,17,21,29,31H,10H2,1-5H3;6-8,10-12,17,20,28,30H,9H2,1-5H3;5-7,9-10,15,18,29-30H,8H2,1-4H3,(H,25,28)/t17-,21-;17-,20-;15-,18-/m001/s1. The smallest absolute Gasteiger partial charge is 0.253 e. The number of halogens is 4. The van der Waals surface area contributed by atoms with Gasteiger partial charge in [-0.15, -0.1) is 30.6 Å². The average molecular weight is 1310 g/mol. The topological polar surface area (TPSA) is 322 Å². The minimum Gasteiger partial charge on any atom is -0.506 e. The minimum absolute atomic E-state index is 0.0301. The Kier molecular flexibility index (Phi) is 18.9. The lowest BCUT2D eigenvalue weighted by Crippen LogP contribution is -2.66. The first-order chi connectivity index (χ1) is 44.5. The quantitative estimate of drug-likeness (QED) is 0.0560. The summed E-state index contributed by atoms with van der Waals surface area (Å²) >= 11 is 0. The number of pyridine rings is 3. The number of aryl methyl sites for hydroxylation is 2. The van der Waals surface area contributed by atoms with E-state index in [1.54, 1.807) is 80.5 Å². The van der Waals surface area contributed by atoms with E-state index in [0.29, 0.717) is 64.5 Å². The molecule has 0 aromatic carbocycles. The first kappa shape index (κ1) is 68.3. The molecule has 3 fully saturated rings. The Morgan fingerprint density at radius 3 is 1.27 bits per heavy atom. The molecule has 6 atom stereocenters. The number of rotatable bonds is 12. The molecule has 0 aliphatic carbocycles. The van der Waals surface area contributed by atoms with E-state index in [9.17, 15) is 37.7 Å². The molecular weight excluding hydrogens is 1230 g/mol. The van der Waals surface area contributed by atoms with Gasteiger partial charge in [0.05, 0.1) is 47.7 Å². The second-order valence-corrected chi connectivity index (χ2v) is 27.7. The van der Waals surface area contributed by atoms with Crippen molar-refractivity contribution in [2.24, 2.45) is 7.05 Å². The molecule has 0 radical (unpaired) electrons. The molecule has 12 rings (SSSR count). The molecule has 0 saturated carbocycles. The maximum Gasteiger partial charge on any atom is 0.253 e. The van der Waals surface area contributed by atoms with Crippen molar-refractivity contribution in [2.45, 2.75) is 179 Å². The molecule has 0 bridgehead atoms. The zero-order valence-corrected chi connectivity index (χ0v) is 55.1. The van der Waals surface area contributed by atoms with Crippen molar-refractivity contribution in [3.8, 4) is 97.1 Å². The summed E-state index contributed by atoms with van der Waals surface area (Å²) in [5.74, 6) is -0.365. The van der Waals surface area contributed by atoms with Gasteiger partial charge >= 0.3 is 0 Å². The number of H-pyrrole nitrogens is 1. The minimum atomic E-state index is -1.23. The highest BCUT2D eigenvalue weighted by Gasteiger charge is 2.50. The molecule has 0 unspecified atom stereocenters. The SMILES string of the molecule is CC1(C)C[C@@H](Oc2ccc(-c3ncc(-c4cn[nH]c4F)cc3O)nn2)[C@@H](F)C(C)(C)N1.Cc1cn(-c2cnc(-c3ccc(O[C@H]4CC(C)(C)NC(C)(C)[C@H]4F)nn3)c(O)c2)cn1.Cn1cnc(-c2cnc(-c3ccc(O[C@H]4CC(C)(C)NC(C)(C)[C@H]4F)nn3)c(O)c2)cc1=O. The summed E-state index contributed by atoms with van der Waals surface area (Å²) in [5.41, 5.74) is 1.42. The van der Waals surface area contributed by atoms with E-state index >= 15 is 0 Å². The van der Waals surface area contributed by atoms with Crippen LogP contribution in [0.3, 0.4) is 0 Å². The van der Waals surface area contributed by atoms with Crippen LogP contribution in [0.5, 0.6) is 34.9 Å². The molecule has 0 spiro atoms. The Labute approximate surface area is 545 Å². The Morgan fingerprint density at radius 2 is 0.916 bits per heavy atom. The highest BCUT2D eigenvalue weighted by atomic mass is 19.1. The summed E-state index contributed by atoms with van der Waals surface area (Å²) in [6, 6.07) is 15.4. The maximum atomic E-state index is 15.0. The van der Waals surface area contributed by atoms with Crippen molar-refractivity contribution in [1.82, 2.24) is 90.8 Å². The van der Waals surface area contributed by atoms with Gasteiger partial charge in [0.2, 0.25) is 23.6 Å². The Bertz CT molecular complexity index is 4240. The highest BCUT2D eigenvalue weighted by molar-refractivity contribution is 5.71. The molecule has 502 valence electrons. The summed E-state index contributed by atoms with van der Waals surface area (Å²) in [7, 11) is 1.60. The van der Waals surface area contributed by atoms with Crippen LogP contribution in [0, 0.1) is 12.9 Å². The third kappa shape index (κ3) is 15.8. The van der Waals surface area contributed by atoms with Crippen LogP contribution in [0.15, 0.2) is 109 Å². The van der Waals surface area contributed by atoms with Crippen LogP contribution >= 0.6 is 0 Å². The van der Waals surface area contributed by atoms with Gasteiger partial charge < -0.3 is 54.6 Å². The molecule has 7 N–H and O–H groups in total. The number of hydrogen-bond acceptors (Lipinski definition) is 22. The molecule has 29 heteroatoms. The van der Waals surface area contributed by atoms with Crippen LogP contribution in [-0.4, -0.2) is 160 Å². The number of aromatic amines is 1. The fraction of sp³-hybridized carbons (Fsp3) is 0.439. The number of nitrogens with one attached hydrogen (secondary N) is 4. The molecule has 3 saturated heterocycles. The van der Waals surface area contributed by atoms with Crippen LogP contribution < -0.4 is 35.7 Å². The van der Waals surface area contributed by atoms with Crippen molar-refractivity contribution in [1.29, 1.82) is 0 Å². The third-order valence-electron chi connectivity index (χ3n) is 16.4. The lowest BCUT2D eigenvalue weighted by molar-refractivity contribution is -0.0283. The van der Waals surface area contributed by atoms with Gasteiger partial charge in [-0.25, -0.2) is 38.1 Å². The Hall–Kier alpha value is -9.61. The Balaban J connectivity index is 0.000000155. The number of imidazole rings is 1. The number of aromatic hydroxyl groups is 3. The molecule has 12 heterocycles.